The van der Waals surface area contributed by atoms with E-state index >= 15 is 0 Å². The lowest BCUT2D eigenvalue weighted by atomic mass is 10.1. The van der Waals surface area contributed by atoms with Gasteiger partial charge < -0.3 is 4.74 Å². The van der Waals surface area contributed by atoms with Crippen LogP contribution in [0, 0.1) is 0 Å². The summed E-state index contributed by atoms with van der Waals surface area (Å²) in [6.07, 6.45) is 9.59. The van der Waals surface area contributed by atoms with Crippen LogP contribution in [-0.2, 0) is 4.74 Å². The minimum Gasteiger partial charge on any atom is -0.382 e. The fourth-order valence-corrected chi connectivity index (χ4v) is 1.31. The first kappa shape index (κ1) is 15.4. The number of hydrogen-bond donors (Lipinski definition) is 0. The van der Waals surface area contributed by atoms with Gasteiger partial charge in [-0.25, -0.2) is 0 Å². The van der Waals surface area contributed by atoms with Gasteiger partial charge in [-0.1, -0.05) is 45.4 Å². The standard InChI is InChI=1S/C11H24O.FH/c1-3-5-6-7-8-9-10-11-12-4-2;/h3-11H2,1-2H3;1H. The van der Waals surface area contributed by atoms with Crippen molar-refractivity contribution >= 4 is 0 Å². The fourth-order valence-electron chi connectivity index (χ4n) is 1.31. The molecular weight excluding hydrogens is 167 g/mol. The molecule has 0 spiro atoms. The van der Waals surface area contributed by atoms with Gasteiger partial charge in [0.25, 0.3) is 0 Å². The first-order chi connectivity index (χ1) is 5.91. The second-order valence-corrected chi connectivity index (χ2v) is 3.32. The van der Waals surface area contributed by atoms with Crippen molar-refractivity contribution in [1.29, 1.82) is 0 Å². The number of halogens is 1. The molecule has 0 aliphatic rings. The summed E-state index contributed by atoms with van der Waals surface area (Å²) in [5, 5.41) is 0. The minimum absolute atomic E-state index is 0. The molecule has 0 aliphatic heterocycles. The van der Waals surface area contributed by atoms with Gasteiger partial charge in [-0.05, 0) is 13.3 Å². The molecule has 1 nitrogen and oxygen atoms in total. The highest BCUT2D eigenvalue weighted by Gasteiger charge is 1.89. The Morgan fingerprint density at radius 2 is 1.31 bits per heavy atom. The maximum absolute atomic E-state index is 5.26. The topological polar surface area (TPSA) is 9.23 Å². The van der Waals surface area contributed by atoms with Gasteiger partial charge in [-0.2, -0.15) is 0 Å². The molecule has 2 heteroatoms. The van der Waals surface area contributed by atoms with Gasteiger partial charge in [0.2, 0.25) is 0 Å². The van der Waals surface area contributed by atoms with Crippen LogP contribution in [0.15, 0.2) is 0 Å². The SMILES string of the molecule is CCCCCCCCCOCC.F. The van der Waals surface area contributed by atoms with Crippen LogP contribution in [0.1, 0.15) is 58.8 Å². The van der Waals surface area contributed by atoms with Gasteiger partial charge in [0, 0.05) is 13.2 Å². The second kappa shape index (κ2) is 14.4. The van der Waals surface area contributed by atoms with Crippen molar-refractivity contribution in [1.82, 2.24) is 0 Å². The summed E-state index contributed by atoms with van der Waals surface area (Å²) in [7, 11) is 0. The number of unbranched alkanes of at least 4 members (excludes halogenated alkanes) is 6. The molecular formula is C11H25FO. The summed E-state index contributed by atoms with van der Waals surface area (Å²) in [6, 6.07) is 0. The Morgan fingerprint density at radius 3 is 1.85 bits per heavy atom. The summed E-state index contributed by atoms with van der Waals surface area (Å²) in [5.74, 6) is 0. The maximum Gasteiger partial charge on any atom is 0.0465 e. The van der Waals surface area contributed by atoms with Gasteiger partial charge in [0.15, 0.2) is 0 Å². The lowest BCUT2D eigenvalue weighted by Gasteiger charge is -2.01. The molecule has 0 aliphatic carbocycles. The average molecular weight is 192 g/mol. The number of ether oxygens (including phenoxy) is 1. The van der Waals surface area contributed by atoms with E-state index in [1.165, 1.54) is 44.9 Å². The Morgan fingerprint density at radius 1 is 0.769 bits per heavy atom. The monoisotopic (exact) mass is 192 g/mol. The Bertz CT molecular complexity index is 66.5. The zero-order valence-corrected chi connectivity index (χ0v) is 9.18. The molecule has 0 aromatic heterocycles. The van der Waals surface area contributed by atoms with Crippen LogP contribution in [0.25, 0.3) is 0 Å². The summed E-state index contributed by atoms with van der Waals surface area (Å²) >= 11 is 0. The molecule has 0 rings (SSSR count). The van der Waals surface area contributed by atoms with Gasteiger partial charge in [0.1, 0.15) is 0 Å². The van der Waals surface area contributed by atoms with E-state index in [-0.39, 0.29) is 4.70 Å². The Labute approximate surface area is 82.2 Å². The lowest BCUT2D eigenvalue weighted by molar-refractivity contribution is 0.143. The normalized spacial score (nSPS) is 9.69. The van der Waals surface area contributed by atoms with Crippen molar-refractivity contribution in [3.05, 3.63) is 0 Å². The molecule has 82 valence electrons. The van der Waals surface area contributed by atoms with Crippen LogP contribution in [0.3, 0.4) is 0 Å². The molecule has 0 aromatic rings. The van der Waals surface area contributed by atoms with Crippen LogP contribution in [0.2, 0.25) is 0 Å². The summed E-state index contributed by atoms with van der Waals surface area (Å²) < 4.78 is 5.26. The molecule has 0 saturated carbocycles. The van der Waals surface area contributed by atoms with Crippen LogP contribution < -0.4 is 0 Å². The largest absolute Gasteiger partial charge is 0.382 e. The Hall–Kier alpha value is -0.110. The van der Waals surface area contributed by atoms with Crippen LogP contribution in [0.4, 0.5) is 4.70 Å². The second-order valence-electron chi connectivity index (χ2n) is 3.32. The summed E-state index contributed by atoms with van der Waals surface area (Å²) in [4.78, 5) is 0. The first-order valence-corrected chi connectivity index (χ1v) is 5.49. The molecule has 0 radical (unpaired) electrons. The van der Waals surface area contributed by atoms with E-state index in [0.29, 0.717) is 0 Å². The highest BCUT2D eigenvalue weighted by molar-refractivity contribution is 4.44. The third kappa shape index (κ3) is 14.7. The van der Waals surface area contributed by atoms with Crippen LogP contribution in [0.5, 0.6) is 0 Å². The van der Waals surface area contributed by atoms with E-state index < -0.39 is 0 Å². The zero-order chi connectivity index (χ0) is 9.07. The predicted octanol–water partition coefficient (Wildman–Crippen LogP) is 3.93. The third-order valence-electron chi connectivity index (χ3n) is 2.10. The van der Waals surface area contributed by atoms with Crippen molar-refractivity contribution < 1.29 is 9.44 Å². The Kier molecular flexibility index (Phi) is 17.0. The third-order valence-corrected chi connectivity index (χ3v) is 2.10. The van der Waals surface area contributed by atoms with E-state index in [0.717, 1.165) is 13.2 Å². The quantitative estimate of drug-likeness (QED) is 0.503. The van der Waals surface area contributed by atoms with Crippen molar-refractivity contribution in [2.45, 2.75) is 58.8 Å². The van der Waals surface area contributed by atoms with Crippen molar-refractivity contribution in [3.63, 3.8) is 0 Å². The van der Waals surface area contributed by atoms with Crippen LogP contribution >= 0.6 is 0 Å². The smallest absolute Gasteiger partial charge is 0.0465 e. The Balaban J connectivity index is 0. The van der Waals surface area contributed by atoms with E-state index in [2.05, 4.69) is 13.8 Å². The molecule has 0 saturated heterocycles. The van der Waals surface area contributed by atoms with E-state index in [1.807, 2.05) is 0 Å². The molecule has 0 unspecified atom stereocenters. The average Bonchev–Trinajstić information content (AvgIpc) is 2.10. The van der Waals surface area contributed by atoms with Gasteiger partial charge in [0.05, 0.1) is 0 Å². The number of hydrogen-bond acceptors (Lipinski definition) is 1. The minimum atomic E-state index is 0. The number of rotatable bonds is 9. The molecule has 0 atom stereocenters. The predicted molar refractivity (Wildman–Crippen MR) is 57.0 cm³/mol. The van der Waals surface area contributed by atoms with E-state index in [9.17, 15) is 0 Å². The molecule has 13 heavy (non-hydrogen) atoms. The highest BCUT2D eigenvalue weighted by Crippen LogP contribution is 2.06. The van der Waals surface area contributed by atoms with Crippen LogP contribution in [-0.4, -0.2) is 13.2 Å². The fraction of sp³-hybridized carbons (Fsp3) is 1.00. The molecule has 0 fully saturated rings. The van der Waals surface area contributed by atoms with Gasteiger partial charge in [-0.3, -0.25) is 4.70 Å². The highest BCUT2D eigenvalue weighted by atomic mass is 19.0. The summed E-state index contributed by atoms with van der Waals surface area (Å²) in [5.41, 5.74) is 0. The van der Waals surface area contributed by atoms with Gasteiger partial charge in [-0.15, -0.1) is 0 Å². The van der Waals surface area contributed by atoms with Crippen molar-refractivity contribution in [2.75, 3.05) is 13.2 Å². The molecule has 0 N–H and O–H groups in total. The molecule has 0 bridgehead atoms. The van der Waals surface area contributed by atoms with E-state index in [1.54, 1.807) is 0 Å². The molecule has 0 aromatic carbocycles. The molecule has 0 amide bonds. The van der Waals surface area contributed by atoms with Crippen molar-refractivity contribution in [3.8, 4) is 0 Å². The molecule has 0 heterocycles. The first-order valence-electron chi connectivity index (χ1n) is 5.49. The lowest BCUT2D eigenvalue weighted by Crippen LogP contribution is -1.92. The summed E-state index contributed by atoms with van der Waals surface area (Å²) in [6.45, 7) is 6.15. The van der Waals surface area contributed by atoms with Crippen molar-refractivity contribution in [2.24, 2.45) is 0 Å². The zero-order valence-electron chi connectivity index (χ0n) is 9.18. The van der Waals surface area contributed by atoms with E-state index in [4.69, 9.17) is 4.74 Å². The van der Waals surface area contributed by atoms with Gasteiger partial charge >= 0.3 is 0 Å². The maximum atomic E-state index is 5.26.